The van der Waals surface area contributed by atoms with Crippen molar-refractivity contribution in [1.29, 1.82) is 0 Å². The van der Waals surface area contributed by atoms with Crippen molar-refractivity contribution in [3.63, 3.8) is 0 Å². The average Bonchev–Trinajstić information content (AvgIpc) is 2.91. The molecule has 0 aliphatic carbocycles. The fraction of sp³-hybridized carbons (Fsp3) is 0.444. The molecule has 194 valence electrons. The summed E-state index contributed by atoms with van der Waals surface area (Å²) in [5.74, 6) is -1.89. The van der Waals surface area contributed by atoms with E-state index in [4.69, 9.17) is 14.2 Å². The maximum Gasteiger partial charge on any atom is 0.312 e. The number of amides is 1. The Morgan fingerprint density at radius 2 is 1.72 bits per heavy atom. The van der Waals surface area contributed by atoms with Gasteiger partial charge in [-0.05, 0) is 30.2 Å². The molecule has 9 heteroatoms. The Morgan fingerprint density at radius 1 is 1.06 bits per heavy atom. The number of rotatable bonds is 12. The van der Waals surface area contributed by atoms with E-state index in [-0.39, 0.29) is 31.3 Å². The van der Waals surface area contributed by atoms with Crippen LogP contribution >= 0.6 is 0 Å². The molecule has 1 fully saturated rings. The van der Waals surface area contributed by atoms with E-state index in [1.54, 1.807) is 31.2 Å². The molecule has 0 radical (unpaired) electrons. The van der Waals surface area contributed by atoms with Crippen LogP contribution in [0.5, 0.6) is 5.75 Å². The molecule has 3 atom stereocenters. The zero-order valence-corrected chi connectivity index (χ0v) is 20.7. The van der Waals surface area contributed by atoms with Crippen LogP contribution in [-0.4, -0.2) is 73.7 Å². The first kappa shape index (κ1) is 27.3. The van der Waals surface area contributed by atoms with Crippen molar-refractivity contribution in [2.75, 3.05) is 40.0 Å². The number of hydrogen-bond acceptors (Lipinski definition) is 8. The molecule has 1 amide bonds. The fourth-order valence-corrected chi connectivity index (χ4v) is 3.92. The molecule has 0 saturated carbocycles. The Balaban J connectivity index is 1.66. The normalized spacial score (nSPS) is 16.4. The minimum absolute atomic E-state index is 0.0194. The lowest BCUT2D eigenvalue weighted by Crippen LogP contribution is -2.47. The van der Waals surface area contributed by atoms with Gasteiger partial charge in [0.05, 0.1) is 44.9 Å². The third kappa shape index (κ3) is 8.15. The van der Waals surface area contributed by atoms with E-state index in [0.717, 1.165) is 5.56 Å². The van der Waals surface area contributed by atoms with E-state index in [2.05, 4.69) is 5.32 Å². The monoisotopic (exact) mass is 498 g/mol. The minimum Gasteiger partial charge on any atom is -0.497 e. The number of carbonyl (C=O) groups is 3. The third-order valence-corrected chi connectivity index (χ3v) is 6.12. The summed E-state index contributed by atoms with van der Waals surface area (Å²) < 4.78 is 15.9. The number of methoxy groups -OCH3 is 1. The van der Waals surface area contributed by atoms with Gasteiger partial charge in [0.1, 0.15) is 12.4 Å². The van der Waals surface area contributed by atoms with Crippen molar-refractivity contribution < 1.29 is 33.7 Å². The molecule has 2 aromatic carbocycles. The van der Waals surface area contributed by atoms with Crippen molar-refractivity contribution in [3.8, 4) is 5.75 Å². The van der Waals surface area contributed by atoms with Gasteiger partial charge in [-0.1, -0.05) is 42.5 Å². The largest absolute Gasteiger partial charge is 0.497 e. The summed E-state index contributed by atoms with van der Waals surface area (Å²) in [6, 6.07) is 14.9. The Kier molecular flexibility index (Phi) is 10.4. The Morgan fingerprint density at radius 3 is 2.36 bits per heavy atom. The molecule has 0 bridgehead atoms. The van der Waals surface area contributed by atoms with E-state index >= 15 is 0 Å². The summed E-state index contributed by atoms with van der Waals surface area (Å²) in [6.07, 6.45) is -1.57. The highest BCUT2D eigenvalue weighted by atomic mass is 16.5. The van der Waals surface area contributed by atoms with Gasteiger partial charge < -0.3 is 24.6 Å². The second-order valence-corrected chi connectivity index (χ2v) is 8.77. The van der Waals surface area contributed by atoms with E-state index in [1.807, 2.05) is 35.2 Å². The molecule has 0 aromatic heterocycles. The predicted octanol–water partition coefficient (Wildman–Crippen LogP) is 1.88. The molecule has 0 spiro atoms. The molecule has 1 aliphatic rings. The number of benzene rings is 2. The lowest BCUT2D eigenvalue weighted by atomic mass is 9.89. The zero-order valence-electron chi connectivity index (χ0n) is 20.7. The maximum atomic E-state index is 13.0. The van der Waals surface area contributed by atoms with Gasteiger partial charge in [-0.15, -0.1) is 0 Å². The number of nitrogens with zero attached hydrogens (tertiary/aromatic N) is 1. The number of aliphatic hydroxyl groups is 1. The van der Waals surface area contributed by atoms with E-state index < -0.39 is 24.0 Å². The standard InChI is InChI=1S/C27H34N2O7/c1-19(28-25(31)17-29-12-14-35-15-13-29)24(30)16-23(26(32)21-8-10-22(34-2)11-9-21)27(33)36-18-20-6-4-3-5-7-20/h3-11,19,23,26,32H,12-18H2,1-2H3,(H,28,31)/t19-,23-,26+/m0/s1. The summed E-state index contributed by atoms with van der Waals surface area (Å²) >= 11 is 0. The van der Waals surface area contributed by atoms with Crippen molar-refractivity contribution in [1.82, 2.24) is 10.2 Å². The Bertz CT molecular complexity index is 991. The molecule has 2 N–H and O–H groups in total. The van der Waals surface area contributed by atoms with E-state index in [0.29, 0.717) is 37.6 Å². The van der Waals surface area contributed by atoms with Gasteiger partial charge in [0.25, 0.3) is 0 Å². The van der Waals surface area contributed by atoms with Crippen LogP contribution in [-0.2, 0) is 30.5 Å². The predicted molar refractivity (Wildman–Crippen MR) is 132 cm³/mol. The van der Waals surface area contributed by atoms with Gasteiger partial charge in [-0.25, -0.2) is 0 Å². The van der Waals surface area contributed by atoms with Gasteiger partial charge in [0.2, 0.25) is 5.91 Å². The molecule has 0 unspecified atom stereocenters. The first-order valence-corrected chi connectivity index (χ1v) is 12.0. The topological polar surface area (TPSA) is 114 Å². The average molecular weight is 499 g/mol. The lowest BCUT2D eigenvalue weighted by molar-refractivity contribution is -0.156. The summed E-state index contributed by atoms with van der Waals surface area (Å²) in [6.45, 7) is 4.20. The van der Waals surface area contributed by atoms with Crippen LogP contribution in [0.2, 0.25) is 0 Å². The first-order chi connectivity index (χ1) is 17.4. The van der Waals surface area contributed by atoms with Crippen molar-refractivity contribution >= 4 is 17.7 Å². The summed E-state index contributed by atoms with van der Waals surface area (Å²) in [5.41, 5.74) is 1.24. The number of esters is 1. The summed E-state index contributed by atoms with van der Waals surface area (Å²) in [5, 5.41) is 13.7. The quantitative estimate of drug-likeness (QED) is 0.427. The second-order valence-electron chi connectivity index (χ2n) is 8.77. The van der Waals surface area contributed by atoms with Crippen LogP contribution in [0.15, 0.2) is 54.6 Å². The molecular weight excluding hydrogens is 464 g/mol. The molecule has 3 rings (SSSR count). The van der Waals surface area contributed by atoms with Crippen LogP contribution in [0.3, 0.4) is 0 Å². The molecule has 1 saturated heterocycles. The number of morpholine rings is 1. The molecule has 2 aromatic rings. The molecule has 1 aliphatic heterocycles. The van der Waals surface area contributed by atoms with E-state index in [9.17, 15) is 19.5 Å². The highest BCUT2D eigenvalue weighted by molar-refractivity contribution is 5.91. The van der Waals surface area contributed by atoms with Crippen LogP contribution < -0.4 is 10.1 Å². The highest BCUT2D eigenvalue weighted by Crippen LogP contribution is 2.28. The van der Waals surface area contributed by atoms with Gasteiger partial charge in [0, 0.05) is 19.5 Å². The summed E-state index contributed by atoms with van der Waals surface area (Å²) in [7, 11) is 1.53. The number of hydrogen-bond donors (Lipinski definition) is 2. The van der Waals surface area contributed by atoms with Gasteiger partial charge in [0.15, 0.2) is 5.78 Å². The molecule has 36 heavy (non-hydrogen) atoms. The Hall–Kier alpha value is -3.27. The van der Waals surface area contributed by atoms with Gasteiger partial charge in [-0.3, -0.25) is 19.3 Å². The number of nitrogens with one attached hydrogen (secondary N) is 1. The van der Waals surface area contributed by atoms with Gasteiger partial charge in [-0.2, -0.15) is 0 Å². The smallest absolute Gasteiger partial charge is 0.312 e. The van der Waals surface area contributed by atoms with Crippen molar-refractivity contribution in [2.24, 2.45) is 5.92 Å². The van der Waals surface area contributed by atoms with Crippen LogP contribution in [0.25, 0.3) is 0 Å². The van der Waals surface area contributed by atoms with Crippen molar-refractivity contribution in [2.45, 2.75) is 32.1 Å². The minimum atomic E-state index is -1.28. The number of ketones is 1. The number of carbonyl (C=O) groups excluding carboxylic acids is 3. The molecule has 1 heterocycles. The zero-order chi connectivity index (χ0) is 25.9. The molecule has 9 nitrogen and oxygen atoms in total. The molecular formula is C27H34N2O7. The van der Waals surface area contributed by atoms with Gasteiger partial charge >= 0.3 is 5.97 Å². The first-order valence-electron chi connectivity index (χ1n) is 12.0. The number of aliphatic hydroxyl groups excluding tert-OH is 1. The van der Waals surface area contributed by atoms with Crippen molar-refractivity contribution in [3.05, 3.63) is 65.7 Å². The fourth-order valence-electron chi connectivity index (χ4n) is 3.92. The summed E-state index contributed by atoms with van der Waals surface area (Å²) in [4.78, 5) is 40.4. The Labute approximate surface area is 211 Å². The van der Waals surface area contributed by atoms with Crippen LogP contribution in [0.1, 0.15) is 30.6 Å². The van der Waals surface area contributed by atoms with Crippen LogP contribution in [0.4, 0.5) is 0 Å². The lowest BCUT2D eigenvalue weighted by Gasteiger charge is -2.27. The number of Topliss-reactive ketones (excluding diaryl/α,β-unsaturated/α-hetero) is 1. The van der Waals surface area contributed by atoms with Crippen LogP contribution in [0, 0.1) is 5.92 Å². The highest BCUT2D eigenvalue weighted by Gasteiger charge is 2.33. The SMILES string of the molecule is COc1ccc([C@@H](O)[C@H](CC(=O)[C@H](C)NC(=O)CN2CCOCC2)C(=O)OCc2ccccc2)cc1. The third-order valence-electron chi connectivity index (χ3n) is 6.12. The number of ether oxygens (including phenoxy) is 3. The van der Waals surface area contributed by atoms with E-state index in [1.165, 1.54) is 7.11 Å². The maximum absolute atomic E-state index is 13.0. The second kappa shape index (κ2) is 13.7.